The second kappa shape index (κ2) is 6.88. The molecule has 3 nitrogen and oxygen atoms in total. The Hall–Kier alpha value is -0.120. The molecule has 0 heterocycles. The van der Waals surface area contributed by atoms with Crippen LogP contribution in [0, 0.1) is 11.3 Å². The summed E-state index contributed by atoms with van der Waals surface area (Å²) in [4.78, 5) is 2.28. The molecule has 0 radical (unpaired) electrons. The molecule has 1 saturated carbocycles. The van der Waals surface area contributed by atoms with Crippen molar-refractivity contribution >= 4 is 0 Å². The molecule has 18 heavy (non-hydrogen) atoms. The van der Waals surface area contributed by atoms with E-state index in [1.54, 1.807) is 0 Å². The quantitative estimate of drug-likeness (QED) is 0.764. The Kier molecular flexibility index (Phi) is 6.09. The van der Waals surface area contributed by atoms with Gasteiger partial charge in [0.15, 0.2) is 0 Å². The van der Waals surface area contributed by atoms with Crippen LogP contribution in [0.4, 0.5) is 0 Å². The van der Waals surface area contributed by atoms with Gasteiger partial charge in [0, 0.05) is 19.1 Å². The number of aliphatic hydroxyl groups is 1. The summed E-state index contributed by atoms with van der Waals surface area (Å²) < 4.78 is 0. The Labute approximate surface area is 113 Å². The zero-order valence-corrected chi connectivity index (χ0v) is 12.9. The van der Waals surface area contributed by atoms with Gasteiger partial charge in [0.05, 0.1) is 6.10 Å². The largest absolute Gasteiger partial charge is 0.392 e. The maximum absolute atomic E-state index is 9.47. The fourth-order valence-electron chi connectivity index (χ4n) is 3.57. The summed E-state index contributed by atoms with van der Waals surface area (Å²) in [6, 6.07) is 0.604. The minimum Gasteiger partial charge on any atom is -0.392 e. The second-order valence-corrected chi connectivity index (χ2v) is 6.75. The number of aliphatic hydroxyl groups excluding tert-OH is 1. The topological polar surface area (TPSA) is 35.5 Å². The van der Waals surface area contributed by atoms with Crippen LogP contribution >= 0.6 is 0 Å². The molecule has 0 aromatic heterocycles. The highest BCUT2D eigenvalue weighted by atomic mass is 16.3. The maximum atomic E-state index is 9.47. The zero-order chi connectivity index (χ0) is 13.8. The molecule has 3 unspecified atom stereocenters. The first-order valence-corrected chi connectivity index (χ1v) is 7.46. The first-order valence-electron chi connectivity index (χ1n) is 7.46. The summed E-state index contributed by atoms with van der Waals surface area (Å²) >= 11 is 0. The summed E-state index contributed by atoms with van der Waals surface area (Å²) in [5.41, 5.74) is 0.393. The lowest BCUT2D eigenvalue weighted by Gasteiger charge is -2.45. The van der Waals surface area contributed by atoms with Crippen LogP contribution in [0.5, 0.6) is 0 Å². The van der Waals surface area contributed by atoms with Crippen molar-refractivity contribution in [1.82, 2.24) is 10.2 Å². The van der Waals surface area contributed by atoms with Gasteiger partial charge in [0.2, 0.25) is 0 Å². The molecular formula is C15H32N2O. The van der Waals surface area contributed by atoms with Crippen molar-refractivity contribution in [2.75, 3.05) is 26.7 Å². The van der Waals surface area contributed by atoms with E-state index in [1.807, 2.05) is 6.92 Å². The van der Waals surface area contributed by atoms with E-state index >= 15 is 0 Å². The van der Waals surface area contributed by atoms with E-state index < -0.39 is 0 Å². The molecule has 1 aliphatic carbocycles. The van der Waals surface area contributed by atoms with Gasteiger partial charge in [0.25, 0.3) is 0 Å². The molecule has 2 N–H and O–H groups in total. The fourth-order valence-corrected chi connectivity index (χ4v) is 3.57. The van der Waals surface area contributed by atoms with Crippen LogP contribution in [0.25, 0.3) is 0 Å². The van der Waals surface area contributed by atoms with E-state index in [-0.39, 0.29) is 6.10 Å². The first kappa shape index (κ1) is 15.9. The first-order chi connectivity index (χ1) is 8.36. The number of likely N-dealkylation sites (N-methyl/N-ethyl adjacent to an activating group) is 1. The van der Waals surface area contributed by atoms with Crippen LogP contribution in [0.2, 0.25) is 0 Å². The highest BCUT2D eigenvalue weighted by molar-refractivity contribution is 4.94. The maximum Gasteiger partial charge on any atom is 0.0638 e. The lowest BCUT2D eigenvalue weighted by molar-refractivity contribution is 0.0708. The molecule has 0 amide bonds. The molecule has 0 aromatic rings. The van der Waals surface area contributed by atoms with Crippen LogP contribution in [0.15, 0.2) is 0 Å². The minimum absolute atomic E-state index is 0.232. The van der Waals surface area contributed by atoms with Crippen LogP contribution in [-0.4, -0.2) is 48.8 Å². The molecule has 1 fully saturated rings. The summed E-state index contributed by atoms with van der Waals surface area (Å²) in [5, 5.41) is 13.2. The lowest BCUT2D eigenvalue weighted by atomic mass is 9.67. The monoisotopic (exact) mass is 256 g/mol. The average Bonchev–Trinajstić information content (AvgIpc) is 2.21. The summed E-state index contributed by atoms with van der Waals surface area (Å²) in [7, 11) is 2.12. The van der Waals surface area contributed by atoms with E-state index in [0.29, 0.717) is 17.4 Å². The minimum atomic E-state index is -0.232. The van der Waals surface area contributed by atoms with Crippen molar-refractivity contribution in [3.63, 3.8) is 0 Å². The van der Waals surface area contributed by atoms with Crippen LogP contribution in [-0.2, 0) is 0 Å². The predicted octanol–water partition coefficient (Wildman–Crippen LogP) is 2.10. The molecule has 1 rings (SSSR count). The standard InChI is InChI=1S/C15H32N2O/c1-6-16-14-13(8-7-9-15(14,3)4)11-17(5)10-12(2)18/h12-14,16,18H,6-11H2,1-5H3. The van der Waals surface area contributed by atoms with Gasteiger partial charge in [-0.3, -0.25) is 0 Å². The Morgan fingerprint density at radius 1 is 1.44 bits per heavy atom. The molecule has 0 spiro atoms. The van der Waals surface area contributed by atoms with Gasteiger partial charge in [-0.1, -0.05) is 27.2 Å². The Morgan fingerprint density at radius 3 is 2.67 bits per heavy atom. The van der Waals surface area contributed by atoms with E-state index in [9.17, 15) is 5.11 Å². The van der Waals surface area contributed by atoms with Gasteiger partial charge in [-0.25, -0.2) is 0 Å². The van der Waals surface area contributed by atoms with Crippen LogP contribution in [0.1, 0.15) is 47.0 Å². The van der Waals surface area contributed by atoms with Gasteiger partial charge in [-0.05, 0) is 44.7 Å². The summed E-state index contributed by atoms with van der Waals surface area (Å²) in [6.45, 7) is 11.7. The molecule has 3 atom stereocenters. The summed E-state index contributed by atoms with van der Waals surface area (Å²) in [6.07, 6.45) is 3.73. The second-order valence-electron chi connectivity index (χ2n) is 6.75. The van der Waals surface area contributed by atoms with Gasteiger partial charge >= 0.3 is 0 Å². The van der Waals surface area contributed by atoms with E-state index in [1.165, 1.54) is 19.3 Å². The number of nitrogens with one attached hydrogen (secondary N) is 1. The molecule has 108 valence electrons. The van der Waals surface area contributed by atoms with Crippen molar-refractivity contribution in [3.8, 4) is 0 Å². The molecular weight excluding hydrogens is 224 g/mol. The normalized spacial score (nSPS) is 29.5. The van der Waals surface area contributed by atoms with E-state index in [2.05, 4.69) is 38.0 Å². The Balaban J connectivity index is 2.60. The fraction of sp³-hybridized carbons (Fsp3) is 1.00. The van der Waals surface area contributed by atoms with E-state index in [4.69, 9.17) is 0 Å². The number of rotatable bonds is 6. The van der Waals surface area contributed by atoms with Crippen LogP contribution < -0.4 is 5.32 Å². The van der Waals surface area contributed by atoms with Crippen molar-refractivity contribution < 1.29 is 5.11 Å². The third-order valence-electron chi connectivity index (χ3n) is 4.26. The van der Waals surface area contributed by atoms with Crippen LogP contribution in [0.3, 0.4) is 0 Å². The molecule has 3 heteroatoms. The van der Waals surface area contributed by atoms with E-state index in [0.717, 1.165) is 19.6 Å². The third kappa shape index (κ3) is 4.52. The number of hydrogen-bond acceptors (Lipinski definition) is 3. The van der Waals surface area contributed by atoms with Crippen molar-refractivity contribution in [1.29, 1.82) is 0 Å². The highest BCUT2D eigenvalue weighted by Gasteiger charge is 2.38. The molecule has 1 aliphatic rings. The average molecular weight is 256 g/mol. The SMILES string of the molecule is CCNC1C(CN(C)CC(C)O)CCCC1(C)C. The Bertz CT molecular complexity index is 241. The van der Waals surface area contributed by atoms with Crippen molar-refractivity contribution in [2.45, 2.75) is 59.1 Å². The molecule has 0 saturated heterocycles. The smallest absolute Gasteiger partial charge is 0.0638 e. The number of nitrogens with zero attached hydrogens (tertiary/aromatic N) is 1. The third-order valence-corrected chi connectivity index (χ3v) is 4.26. The Morgan fingerprint density at radius 2 is 2.11 bits per heavy atom. The zero-order valence-electron chi connectivity index (χ0n) is 12.9. The van der Waals surface area contributed by atoms with Gasteiger partial charge in [-0.15, -0.1) is 0 Å². The lowest BCUT2D eigenvalue weighted by Crippen LogP contribution is -2.52. The van der Waals surface area contributed by atoms with Gasteiger partial charge in [0.1, 0.15) is 0 Å². The van der Waals surface area contributed by atoms with Crippen molar-refractivity contribution in [2.24, 2.45) is 11.3 Å². The van der Waals surface area contributed by atoms with Crippen molar-refractivity contribution in [3.05, 3.63) is 0 Å². The highest BCUT2D eigenvalue weighted by Crippen LogP contribution is 2.39. The molecule has 0 aliphatic heterocycles. The summed E-state index contributed by atoms with van der Waals surface area (Å²) in [5.74, 6) is 0.706. The number of hydrogen-bond donors (Lipinski definition) is 2. The predicted molar refractivity (Wildman–Crippen MR) is 77.8 cm³/mol. The van der Waals surface area contributed by atoms with Gasteiger partial charge in [-0.2, -0.15) is 0 Å². The molecule has 0 bridgehead atoms. The van der Waals surface area contributed by atoms with Gasteiger partial charge < -0.3 is 15.3 Å². The molecule has 0 aromatic carbocycles.